The quantitative estimate of drug-likeness (QED) is 0.707. The molecule has 2 unspecified atom stereocenters. The van der Waals surface area contributed by atoms with Crippen LogP contribution in [0.15, 0.2) is 0 Å². The maximum Gasteiger partial charge on any atom is 0.325 e. The van der Waals surface area contributed by atoms with Crippen LogP contribution in [-0.4, -0.2) is 63.9 Å². The van der Waals surface area contributed by atoms with Crippen LogP contribution in [0, 0.1) is 11.8 Å². The minimum atomic E-state index is -1.08. The Morgan fingerprint density at radius 1 is 1.32 bits per heavy atom. The van der Waals surface area contributed by atoms with E-state index >= 15 is 0 Å². The van der Waals surface area contributed by atoms with Gasteiger partial charge >= 0.3 is 12.0 Å². The van der Waals surface area contributed by atoms with Crippen LogP contribution in [0.2, 0.25) is 0 Å². The van der Waals surface area contributed by atoms with Gasteiger partial charge in [0.1, 0.15) is 12.1 Å². The Morgan fingerprint density at radius 2 is 1.95 bits per heavy atom. The molecule has 4 amide bonds. The molecule has 2 aliphatic rings. The average molecular weight is 311 g/mol. The first-order valence-corrected chi connectivity index (χ1v) is 7.26. The number of piperidine rings is 1. The van der Waals surface area contributed by atoms with E-state index in [1.807, 2.05) is 6.92 Å². The number of hydrogen-bond donors (Lipinski definition) is 2. The number of nitrogens with zero attached hydrogens (tertiary/aromatic N) is 2. The summed E-state index contributed by atoms with van der Waals surface area (Å²) in [4.78, 5) is 49.7. The number of likely N-dealkylation sites (tertiary alicyclic amines) is 1. The number of carboxylic acids is 1. The molecule has 0 aromatic rings. The summed E-state index contributed by atoms with van der Waals surface area (Å²) in [6.07, 6.45) is 0.535. The van der Waals surface area contributed by atoms with Gasteiger partial charge in [0.25, 0.3) is 5.91 Å². The standard InChI is InChI=1S/C14H21N3O5/c1-8-4-9(11(19)20)6-16(5-8)10(18)7-17-13(22)15-12(21)14(17,2)3/h8-9H,4-7H2,1-3H3,(H,19,20)(H,15,21,22). The van der Waals surface area contributed by atoms with Crippen molar-refractivity contribution in [1.29, 1.82) is 0 Å². The van der Waals surface area contributed by atoms with Crippen LogP contribution in [0.5, 0.6) is 0 Å². The van der Waals surface area contributed by atoms with E-state index in [9.17, 15) is 19.2 Å². The van der Waals surface area contributed by atoms with Crippen LogP contribution in [0.1, 0.15) is 27.2 Å². The summed E-state index contributed by atoms with van der Waals surface area (Å²) in [5.41, 5.74) is -1.08. The van der Waals surface area contributed by atoms with Crippen molar-refractivity contribution in [2.24, 2.45) is 11.8 Å². The van der Waals surface area contributed by atoms with E-state index in [0.717, 1.165) is 0 Å². The molecule has 2 N–H and O–H groups in total. The number of carbonyl (C=O) groups excluding carboxylic acids is 3. The number of carboxylic acid groups (broad SMARTS) is 1. The Morgan fingerprint density at radius 3 is 2.45 bits per heavy atom. The molecule has 0 aromatic carbocycles. The minimum absolute atomic E-state index is 0.0841. The van der Waals surface area contributed by atoms with E-state index in [1.165, 1.54) is 9.80 Å². The van der Waals surface area contributed by atoms with E-state index in [0.29, 0.717) is 13.0 Å². The molecule has 8 heteroatoms. The lowest BCUT2D eigenvalue weighted by Crippen LogP contribution is -2.53. The molecule has 2 rings (SSSR count). The first kappa shape index (κ1) is 16.3. The van der Waals surface area contributed by atoms with Gasteiger partial charge in [0.15, 0.2) is 0 Å². The van der Waals surface area contributed by atoms with E-state index in [4.69, 9.17) is 5.11 Å². The lowest BCUT2D eigenvalue weighted by atomic mass is 9.90. The largest absolute Gasteiger partial charge is 0.481 e. The zero-order chi connectivity index (χ0) is 16.7. The maximum atomic E-state index is 12.4. The summed E-state index contributed by atoms with van der Waals surface area (Å²) in [6, 6.07) is -0.594. The van der Waals surface area contributed by atoms with Crippen LogP contribution >= 0.6 is 0 Å². The molecule has 0 bridgehead atoms. The van der Waals surface area contributed by atoms with E-state index in [1.54, 1.807) is 13.8 Å². The van der Waals surface area contributed by atoms with Crippen molar-refractivity contribution >= 4 is 23.8 Å². The Hall–Kier alpha value is -2.12. The van der Waals surface area contributed by atoms with Crippen LogP contribution in [0.4, 0.5) is 4.79 Å². The predicted molar refractivity (Wildman–Crippen MR) is 75.8 cm³/mol. The van der Waals surface area contributed by atoms with Gasteiger partial charge in [-0.2, -0.15) is 0 Å². The molecule has 22 heavy (non-hydrogen) atoms. The molecule has 2 atom stereocenters. The molecule has 0 aromatic heterocycles. The van der Waals surface area contributed by atoms with Gasteiger partial charge in [-0.1, -0.05) is 6.92 Å². The number of urea groups is 1. The van der Waals surface area contributed by atoms with Crippen LogP contribution in [-0.2, 0) is 14.4 Å². The van der Waals surface area contributed by atoms with Crippen molar-refractivity contribution in [3.8, 4) is 0 Å². The van der Waals surface area contributed by atoms with E-state index in [-0.39, 0.29) is 24.9 Å². The highest BCUT2D eigenvalue weighted by Crippen LogP contribution is 2.24. The second-order valence-electron chi connectivity index (χ2n) is 6.58. The number of imide groups is 1. The Balaban J connectivity index is 2.07. The van der Waals surface area contributed by atoms with Gasteiger partial charge in [-0.15, -0.1) is 0 Å². The fourth-order valence-corrected chi connectivity index (χ4v) is 2.93. The summed E-state index contributed by atoms with van der Waals surface area (Å²) in [5, 5.41) is 11.3. The zero-order valence-electron chi connectivity index (χ0n) is 13.0. The third-order valence-corrected chi connectivity index (χ3v) is 4.35. The fraction of sp³-hybridized carbons (Fsp3) is 0.714. The van der Waals surface area contributed by atoms with Gasteiger partial charge in [-0.3, -0.25) is 19.7 Å². The molecular formula is C14H21N3O5. The SMILES string of the molecule is CC1CC(C(=O)O)CN(C(=O)CN2C(=O)NC(=O)C2(C)C)C1. The van der Waals surface area contributed by atoms with Gasteiger partial charge in [-0.25, -0.2) is 4.79 Å². The Labute approximate surface area is 128 Å². The summed E-state index contributed by atoms with van der Waals surface area (Å²) in [5.74, 6) is -2.20. The molecule has 2 aliphatic heterocycles. The van der Waals surface area contributed by atoms with Crippen molar-refractivity contribution < 1.29 is 24.3 Å². The summed E-state index contributed by atoms with van der Waals surface area (Å²) < 4.78 is 0. The van der Waals surface area contributed by atoms with Gasteiger partial charge in [0, 0.05) is 13.1 Å². The second kappa shape index (κ2) is 5.58. The predicted octanol–water partition coefficient (Wildman–Crippen LogP) is -0.114. The Kier molecular flexibility index (Phi) is 4.12. The molecule has 2 fully saturated rings. The molecule has 0 radical (unpaired) electrons. The topological polar surface area (TPSA) is 107 Å². The fourth-order valence-electron chi connectivity index (χ4n) is 2.93. The number of carbonyl (C=O) groups is 4. The van der Waals surface area contributed by atoms with Crippen molar-refractivity contribution in [3.63, 3.8) is 0 Å². The zero-order valence-corrected chi connectivity index (χ0v) is 13.0. The number of aliphatic carboxylic acids is 1. The summed E-state index contributed by atoms with van der Waals surface area (Å²) >= 11 is 0. The number of amides is 4. The molecule has 0 spiro atoms. The smallest absolute Gasteiger partial charge is 0.325 e. The van der Waals surface area contributed by atoms with Crippen molar-refractivity contribution in [2.75, 3.05) is 19.6 Å². The second-order valence-corrected chi connectivity index (χ2v) is 6.58. The van der Waals surface area contributed by atoms with Gasteiger partial charge in [0.2, 0.25) is 5.91 Å². The molecule has 2 heterocycles. The third kappa shape index (κ3) is 2.90. The highest BCUT2D eigenvalue weighted by molar-refractivity contribution is 6.07. The number of hydrogen-bond acceptors (Lipinski definition) is 4. The minimum Gasteiger partial charge on any atom is -0.481 e. The molecule has 2 saturated heterocycles. The van der Waals surface area contributed by atoms with Gasteiger partial charge in [-0.05, 0) is 26.2 Å². The molecule has 0 saturated carbocycles. The van der Waals surface area contributed by atoms with Crippen LogP contribution in [0.25, 0.3) is 0 Å². The number of nitrogens with one attached hydrogen (secondary N) is 1. The molecule has 8 nitrogen and oxygen atoms in total. The highest BCUT2D eigenvalue weighted by atomic mass is 16.4. The summed E-state index contributed by atoms with van der Waals surface area (Å²) in [7, 11) is 0. The van der Waals surface area contributed by atoms with Crippen LogP contribution < -0.4 is 5.32 Å². The third-order valence-electron chi connectivity index (χ3n) is 4.35. The lowest BCUT2D eigenvalue weighted by Gasteiger charge is -2.36. The van der Waals surface area contributed by atoms with Gasteiger partial charge in [0.05, 0.1) is 5.92 Å². The van der Waals surface area contributed by atoms with Crippen molar-refractivity contribution in [3.05, 3.63) is 0 Å². The molecule has 0 aliphatic carbocycles. The van der Waals surface area contributed by atoms with Crippen molar-refractivity contribution in [2.45, 2.75) is 32.7 Å². The normalized spacial score (nSPS) is 27.8. The first-order valence-electron chi connectivity index (χ1n) is 7.26. The van der Waals surface area contributed by atoms with E-state index in [2.05, 4.69) is 5.32 Å². The van der Waals surface area contributed by atoms with Crippen LogP contribution in [0.3, 0.4) is 0 Å². The average Bonchev–Trinajstić information content (AvgIpc) is 2.60. The Bertz CT molecular complexity index is 531. The maximum absolute atomic E-state index is 12.4. The monoisotopic (exact) mass is 311 g/mol. The molecular weight excluding hydrogens is 290 g/mol. The molecule has 122 valence electrons. The van der Waals surface area contributed by atoms with Crippen molar-refractivity contribution in [1.82, 2.24) is 15.1 Å². The first-order chi connectivity index (χ1) is 10.1. The highest BCUT2D eigenvalue weighted by Gasteiger charge is 2.47. The van der Waals surface area contributed by atoms with Gasteiger partial charge < -0.3 is 14.9 Å². The lowest BCUT2D eigenvalue weighted by molar-refractivity contribution is -0.147. The summed E-state index contributed by atoms with van der Waals surface area (Å²) in [6.45, 7) is 5.41. The van der Waals surface area contributed by atoms with E-state index < -0.39 is 29.4 Å². The number of rotatable bonds is 3.